The number of carbonyl (C=O) groups is 2. The molecular weight excluding hydrogens is 350 g/mol. The van der Waals surface area contributed by atoms with Crippen LogP contribution in [0.5, 0.6) is 0 Å². The molecular formula is C19H31NO5Si. The van der Waals surface area contributed by atoms with Gasteiger partial charge >= 0.3 is 12.1 Å². The molecule has 1 N–H and O–H groups in total. The second kappa shape index (κ2) is 9.18. The number of hydrogen-bond donors (Lipinski definition) is 1. The fourth-order valence-corrected chi connectivity index (χ4v) is 3.52. The number of amides is 1. The lowest BCUT2D eigenvalue weighted by Crippen LogP contribution is -2.54. The van der Waals surface area contributed by atoms with Gasteiger partial charge in [-0.1, -0.05) is 51.1 Å². The maximum atomic E-state index is 12.1. The molecule has 1 rings (SSSR count). The summed E-state index contributed by atoms with van der Waals surface area (Å²) in [6.45, 7) is 12.4. The normalized spacial score (nSPS) is 14.3. The minimum absolute atomic E-state index is 0.0181. The largest absolute Gasteiger partial charge is 0.467 e. The Balaban J connectivity index is 2.74. The van der Waals surface area contributed by atoms with E-state index in [1.54, 1.807) is 6.92 Å². The molecule has 0 bridgehead atoms. The topological polar surface area (TPSA) is 73.9 Å². The van der Waals surface area contributed by atoms with Gasteiger partial charge in [-0.05, 0) is 30.6 Å². The van der Waals surface area contributed by atoms with Gasteiger partial charge in [0.05, 0.1) is 13.2 Å². The summed E-state index contributed by atoms with van der Waals surface area (Å²) in [7, 11) is -0.828. The lowest BCUT2D eigenvalue weighted by atomic mass is 10.2. The van der Waals surface area contributed by atoms with Crippen molar-refractivity contribution in [3.05, 3.63) is 35.9 Å². The zero-order valence-electron chi connectivity index (χ0n) is 16.8. The zero-order valence-corrected chi connectivity index (χ0v) is 17.8. The maximum Gasteiger partial charge on any atom is 0.408 e. The van der Waals surface area contributed by atoms with Gasteiger partial charge in [0, 0.05) is 0 Å². The summed E-state index contributed by atoms with van der Waals surface area (Å²) in [4.78, 5) is 24.3. The highest BCUT2D eigenvalue weighted by atomic mass is 28.4. The molecule has 0 saturated heterocycles. The summed E-state index contributed by atoms with van der Waals surface area (Å²) in [6.07, 6.45) is -1.22. The smallest absolute Gasteiger partial charge is 0.408 e. The van der Waals surface area contributed by atoms with Gasteiger partial charge < -0.3 is 19.2 Å². The SMILES string of the molecule is COC(=O)[C@@H](NC(=O)OCc1ccccc1)[C@H](C)O[Si](C)(C)C(C)(C)C. The van der Waals surface area contributed by atoms with Crippen molar-refractivity contribution in [1.82, 2.24) is 5.32 Å². The van der Waals surface area contributed by atoms with E-state index < -0.39 is 32.5 Å². The van der Waals surface area contributed by atoms with E-state index in [0.717, 1.165) is 5.56 Å². The summed E-state index contributed by atoms with van der Waals surface area (Å²) < 4.78 is 16.2. The molecule has 1 aromatic carbocycles. The molecule has 26 heavy (non-hydrogen) atoms. The van der Waals surface area contributed by atoms with E-state index in [1.165, 1.54) is 7.11 Å². The summed E-state index contributed by atoms with van der Waals surface area (Å²) in [5.74, 6) is -0.562. The predicted molar refractivity (Wildman–Crippen MR) is 103 cm³/mol. The number of benzene rings is 1. The lowest BCUT2D eigenvalue weighted by Gasteiger charge is -2.39. The molecule has 1 amide bonds. The molecule has 7 heteroatoms. The Kier molecular flexibility index (Phi) is 7.83. The number of hydrogen-bond acceptors (Lipinski definition) is 5. The van der Waals surface area contributed by atoms with Crippen LogP contribution in [0.2, 0.25) is 18.1 Å². The summed E-state index contributed by atoms with van der Waals surface area (Å²) >= 11 is 0. The summed E-state index contributed by atoms with van der Waals surface area (Å²) in [5, 5.41) is 2.56. The van der Waals surface area contributed by atoms with Crippen LogP contribution in [0.4, 0.5) is 4.79 Å². The first-order valence-corrected chi connectivity index (χ1v) is 11.6. The van der Waals surface area contributed by atoms with Gasteiger partial charge in [-0.3, -0.25) is 0 Å². The fraction of sp³-hybridized carbons (Fsp3) is 0.579. The Morgan fingerprint density at radius 1 is 1.15 bits per heavy atom. The van der Waals surface area contributed by atoms with Crippen molar-refractivity contribution in [2.45, 2.75) is 64.6 Å². The molecule has 0 aliphatic heterocycles. The van der Waals surface area contributed by atoms with E-state index >= 15 is 0 Å². The van der Waals surface area contributed by atoms with Crippen molar-refractivity contribution < 1.29 is 23.5 Å². The van der Waals surface area contributed by atoms with Crippen molar-refractivity contribution in [2.75, 3.05) is 7.11 Å². The van der Waals surface area contributed by atoms with Gasteiger partial charge in [0.1, 0.15) is 6.61 Å². The number of rotatable bonds is 7. The first-order valence-electron chi connectivity index (χ1n) is 8.71. The van der Waals surface area contributed by atoms with E-state index in [4.69, 9.17) is 13.9 Å². The van der Waals surface area contributed by atoms with Gasteiger partial charge in [0.25, 0.3) is 0 Å². The Morgan fingerprint density at radius 3 is 2.23 bits per heavy atom. The minimum Gasteiger partial charge on any atom is -0.467 e. The highest BCUT2D eigenvalue weighted by Gasteiger charge is 2.41. The second-order valence-electron chi connectivity index (χ2n) is 7.79. The molecule has 0 heterocycles. The monoisotopic (exact) mass is 381 g/mol. The van der Waals surface area contributed by atoms with Crippen LogP contribution in [-0.4, -0.2) is 39.6 Å². The molecule has 6 nitrogen and oxygen atoms in total. The van der Waals surface area contributed by atoms with E-state index in [1.807, 2.05) is 30.3 Å². The third-order valence-electron chi connectivity index (χ3n) is 4.70. The molecule has 0 saturated carbocycles. The molecule has 0 aliphatic carbocycles. The molecule has 0 spiro atoms. The van der Waals surface area contributed by atoms with Crippen LogP contribution in [-0.2, 0) is 25.3 Å². The number of ether oxygens (including phenoxy) is 2. The Hall–Kier alpha value is -1.86. The van der Waals surface area contributed by atoms with Gasteiger partial charge in [0.15, 0.2) is 14.4 Å². The average molecular weight is 382 g/mol. The first-order chi connectivity index (χ1) is 12.0. The van der Waals surface area contributed by atoms with Crippen molar-refractivity contribution in [2.24, 2.45) is 0 Å². The van der Waals surface area contributed by atoms with Crippen LogP contribution in [0.25, 0.3) is 0 Å². The molecule has 0 unspecified atom stereocenters. The molecule has 0 fully saturated rings. The first kappa shape index (κ1) is 22.2. The average Bonchev–Trinajstić information content (AvgIpc) is 2.56. The Morgan fingerprint density at radius 2 is 1.73 bits per heavy atom. The van der Waals surface area contributed by atoms with Crippen LogP contribution in [0, 0.1) is 0 Å². The highest BCUT2D eigenvalue weighted by Crippen LogP contribution is 2.37. The standard InChI is InChI=1S/C19H31NO5Si/c1-14(25-26(6,7)19(2,3)4)16(17(21)23-5)20-18(22)24-13-15-11-9-8-10-12-15/h8-12,14,16H,13H2,1-7H3,(H,20,22)/t14-,16-/m0/s1. The zero-order chi connectivity index (χ0) is 20.0. The Labute approximate surface area is 157 Å². The van der Waals surface area contributed by atoms with Gasteiger partial charge in [-0.15, -0.1) is 0 Å². The van der Waals surface area contributed by atoms with Crippen LogP contribution >= 0.6 is 0 Å². The van der Waals surface area contributed by atoms with Crippen molar-refractivity contribution in [3.8, 4) is 0 Å². The predicted octanol–water partition coefficient (Wildman–Crippen LogP) is 3.86. The fourth-order valence-electron chi connectivity index (χ4n) is 2.10. The lowest BCUT2D eigenvalue weighted by molar-refractivity contribution is -0.145. The molecule has 1 aromatic rings. The number of nitrogens with one attached hydrogen (secondary N) is 1. The van der Waals surface area contributed by atoms with Gasteiger partial charge in [-0.2, -0.15) is 0 Å². The number of alkyl carbamates (subject to hydrolysis) is 1. The highest BCUT2D eigenvalue weighted by molar-refractivity contribution is 6.74. The van der Waals surface area contributed by atoms with Crippen LogP contribution in [0.3, 0.4) is 0 Å². The number of esters is 1. The van der Waals surface area contributed by atoms with Crippen molar-refractivity contribution in [1.29, 1.82) is 0 Å². The second-order valence-corrected chi connectivity index (χ2v) is 12.5. The molecule has 0 radical (unpaired) electrons. The van der Waals surface area contributed by atoms with Crippen LogP contribution in [0.1, 0.15) is 33.3 Å². The van der Waals surface area contributed by atoms with Gasteiger partial charge in [0.2, 0.25) is 0 Å². The molecule has 2 atom stereocenters. The van der Waals surface area contributed by atoms with E-state index in [0.29, 0.717) is 0 Å². The van der Waals surface area contributed by atoms with E-state index in [9.17, 15) is 9.59 Å². The van der Waals surface area contributed by atoms with Crippen molar-refractivity contribution >= 4 is 20.4 Å². The maximum absolute atomic E-state index is 12.1. The third-order valence-corrected chi connectivity index (χ3v) is 9.27. The summed E-state index contributed by atoms with van der Waals surface area (Å²) in [5.41, 5.74) is 0.864. The quantitative estimate of drug-likeness (QED) is 0.573. The minimum atomic E-state index is -2.11. The van der Waals surface area contributed by atoms with E-state index in [-0.39, 0.29) is 11.6 Å². The number of methoxy groups -OCH3 is 1. The van der Waals surface area contributed by atoms with Gasteiger partial charge in [-0.25, -0.2) is 9.59 Å². The molecule has 0 aliphatic rings. The van der Waals surface area contributed by atoms with Crippen LogP contribution in [0.15, 0.2) is 30.3 Å². The molecule has 146 valence electrons. The summed E-state index contributed by atoms with van der Waals surface area (Å²) in [6, 6.07) is 8.39. The van der Waals surface area contributed by atoms with E-state index in [2.05, 4.69) is 39.2 Å². The molecule has 0 aromatic heterocycles. The Bertz CT molecular complexity index is 598. The van der Waals surface area contributed by atoms with Crippen LogP contribution < -0.4 is 5.32 Å². The van der Waals surface area contributed by atoms with Crippen molar-refractivity contribution in [3.63, 3.8) is 0 Å². The number of carbonyl (C=O) groups excluding carboxylic acids is 2. The third kappa shape index (κ3) is 6.46.